The SMILES string of the molecule is CC1CCN(CC2CCCN(C(=O)C(C)Oc3cccc(Cl)c3Cl)C2)CC1. The third-order valence-electron chi connectivity index (χ3n) is 5.79. The molecule has 2 fully saturated rings. The highest BCUT2D eigenvalue weighted by Crippen LogP contribution is 2.32. The smallest absolute Gasteiger partial charge is 0.263 e. The lowest BCUT2D eigenvalue weighted by atomic mass is 9.94. The molecule has 0 aromatic heterocycles. The molecule has 2 aliphatic heterocycles. The van der Waals surface area contributed by atoms with Crippen molar-refractivity contribution in [1.29, 1.82) is 0 Å². The number of nitrogens with zero attached hydrogens (tertiary/aromatic N) is 2. The van der Waals surface area contributed by atoms with Gasteiger partial charge in [-0.05, 0) is 69.7 Å². The fourth-order valence-corrected chi connectivity index (χ4v) is 4.43. The fourth-order valence-electron chi connectivity index (χ4n) is 4.10. The van der Waals surface area contributed by atoms with Gasteiger partial charge in [0, 0.05) is 19.6 Å². The molecular formula is C21H30Cl2N2O2. The van der Waals surface area contributed by atoms with Gasteiger partial charge in [-0.25, -0.2) is 0 Å². The van der Waals surface area contributed by atoms with E-state index < -0.39 is 6.10 Å². The maximum absolute atomic E-state index is 12.9. The Labute approximate surface area is 172 Å². The van der Waals surface area contributed by atoms with Crippen molar-refractivity contribution in [3.8, 4) is 5.75 Å². The van der Waals surface area contributed by atoms with Crippen LogP contribution in [0, 0.1) is 11.8 Å². The van der Waals surface area contributed by atoms with Crippen LogP contribution in [-0.2, 0) is 4.79 Å². The molecule has 0 spiro atoms. The molecule has 27 heavy (non-hydrogen) atoms. The van der Waals surface area contributed by atoms with Gasteiger partial charge in [0.15, 0.2) is 6.10 Å². The summed E-state index contributed by atoms with van der Waals surface area (Å²) in [4.78, 5) is 17.4. The highest BCUT2D eigenvalue weighted by molar-refractivity contribution is 6.42. The van der Waals surface area contributed by atoms with Crippen molar-refractivity contribution < 1.29 is 9.53 Å². The second-order valence-corrected chi connectivity index (χ2v) is 8.87. The normalized spacial score (nSPS) is 23.3. The molecule has 2 heterocycles. The van der Waals surface area contributed by atoms with Gasteiger partial charge in [0.05, 0.1) is 5.02 Å². The summed E-state index contributed by atoms with van der Waals surface area (Å²) in [6, 6.07) is 5.23. The number of carbonyl (C=O) groups is 1. The number of likely N-dealkylation sites (tertiary alicyclic amines) is 2. The fraction of sp³-hybridized carbons (Fsp3) is 0.667. The van der Waals surface area contributed by atoms with Crippen LogP contribution in [0.15, 0.2) is 18.2 Å². The van der Waals surface area contributed by atoms with E-state index in [1.54, 1.807) is 25.1 Å². The summed E-state index contributed by atoms with van der Waals surface area (Å²) in [7, 11) is 0. The van der Waals surface area contributed by atoms with E-state index in [0.29, 0.717) is 21.7 Å². The topological polar surface area (TPSA) is 32.8 Å². The third-order valence-corrected chi connectivity index (χ3v) is 6.59. The van der Waals surface area contributed by atoms with Crippen LogP contribution in [0.4, 0.5) is 0 Å². The van der Waals surface area contributed by atoms with E-state index in [4.69, 9.17) is 27.9 Å². The molecule has 0 saturated carbocycles. The van der Waals surface area contributed by atoms with Crippen molar-refractivity contribution >= 4 is 29.1 Å². The van der Waals surface area contributed by atoms with Crippen molar-refractivity contribution in [3.05, 3.63) is 28.2 Å². The van der Waals surface area contributed by atoms with Crippen molar-refractivity contribution in [3.63, 3.8) is 0 Å². The lowest BCUT2D eigenvalue weighted by molar-refractivity contribution is -0.140. The number of amides is 1. The first-order valence-electron chi connectivity index (χ1n) is 10.1. The molecule has 2 unspecified atom stereocenters. The molecule has 4 nitrogen and oxygen atoms in total. The second-order valence-electron chi connectivity index (χ2n) is 8.09. The number of ether oxygens (including phenoxy) is 1. The Balaban J connectivity index is 1.53. The van der Waals surface area contributed by atoms with Gasteiger partial charge in [-0.3, -0.25) is 4.79 Å². The van der Waals surface area contributed by atoms with Crippen LogP contribution in [0.1, 0.15) is 39.5 Å². The van der Waals surface area contributed by atoms with Crippen molar-refractivity contribution in [1.82, 2.24) is 9.80 Å². The van der Waals surface area contributed by atoms with Gasteiger partial charge in [-0.1, -0.05) is 36.2 Å². The molecule has 1 amide bonds. The molecule has 1 aromatic carbocycles. The zero-order valence-corrected chi connectivity index (χ0v) is 17.8. The van der Waals surface area contributed by atoms with E-state index in [-0.39, 0.29) is 5.91 Å². The number of piperidine rings is 2. The molecule has 0 aliphatic carbocycles. The van der Waals surface area contributed by atoms with Gasteiger partial charge < -0.3 is 14.5 Å². The molecule has 2 saturated heterocycles. The zero-order valence-electron chi connectivity index (χ0n) is 16.3. The quantitative estimate of drug-likeness (QED) is 0.700. The Bertz CT molecular complexity index is 647. The summed E-state index contributed by atoms with van der Waals surface area (Å²) in [5.74, 6) is 1.89. The summed E-state index contributed by atoms with van der Waals surface area (Å²) in [6.45, 7) is 9.25. The van der Waals surface area contributed by atoms with Gasteiger partial charge in [-0.2, -0.15) is 0 Å². The van der Waals surface area contributed by atoms with E-state index in [1.165, 1.54) is 32.4 Å². The van der Waals surface area contributed by atoms with Gasteiger partial charge in [0.1, 0.15) is 10.8 Å². The number of hydrogen-bond donors (Lipinski definition) is 0. The minimum atomic E-state index is -0.574. The molecule has 150 valence electrons. The summed E-state index contributed by atoms with van der Waals surface area (Å²) in [5, 5.41) is 0.789. The van der Waals surface area contributed by atoms with Crippen LogP contribution in [-0.4, -0.2) is 54.5 Å². The predicted octanol–water partition coefficient (Wildman–Crippen LogP) is 4.73. The van der Waals surface area contributed by atoms with E-state index in [1.807, 2.05) is 4.90 Å². The monoisotopic (exact) mass is 412 g/mol. The average Bonchev–Trinajstić information content (AvgIpc) is 2.67. The lowest BCUT2D eigenvalue weighted by Gasteiger charge is -2.38. The molecule has 6 heteroatoms. The van der Waals surface area contributed by atoms with Crippen molar-refractivity contribution in [2.75, 3.05) is 32.7 Å². The highest BCUT2D eigenvalue weighted by Gasteiger charge is 2.29. The molecule has 2 aliphatic rings. The molecule has 2 atom stereocenters. The Hall–Kier alpha value is -0.970. The van der Waals surface area contributed by atoms with E-state index in [0.717, 1.165) is 32.0 Å². The Morgan fingerprint density at radius 3 is 2.70 bits per heavy atom. The largest absolute Gasteiger partial charge is 0.479 e. The lowest BCUT2D eigenvalue weighted by Crippen LogP contribution is -2.48. The second kappa shape index (κ2) is 9.49. The molecule has 0 N–H and O–H groups in total. The summed E-state index contributed by atoms with van der Waals surface area (Å²) in [5.41, 5.74) is 0. The van der Waals surface area contributed by atoms with Crippen LogP contribution >= 0.6 is 23.2 Å². The number of benzene rings is 1. The molecular weight excluding hydrogens is 383 g/mol. The minimum absolute atomic E-state index is 0.0306. The molecule has 0 radical (unpaired) electrons. The number of rotatable bonds is 5. The van der Waals surface area contributed by atoms with Crippen molar-refractivity contribution in [2.24, 2.45) is 11.8 Å². The molecule has 0 bridgehead atoms. The van der Waals surface area contributed by atoms with E-state index in [9.17, 15) is 4.79 Å². The number of carbonyl (C=O) groups excluding carboxylic acids is 1. The number of hydrogen-bond acceptors (Lipinski definition) is 3. The van der Waals surface area contributed by atoms with Crippen LogP contribution in [0.3, 0.4) is 0 Å². The maximum atomic E-state index is 12.9. The van der Waals surface area contributed by atoms with E-state index in [2.05, 4.69) is 11.8 Å². The predicted molar refractivity (Wildman–Crippen MR) is 111 cm³/mol. The highest BCUT2D eigenvalue weighted by atomic mass is 35.5. The Kier molecular flexibility index (Phi) is 7.29. The maximum Gasteiger partial charge on any atom is 0.263 e. The van der Waals surface area contributed by atoms with E-state index >= 15 is 0 Å². The minimum Gasteiger partial charge on any atom is -0.479 e. The molecule has 3 rings (SSSR count). The van der Waals surface area contributed by atoms with Gasteiger partial charge in [-0.15, -0.1) is 0 Å². The first-order chi connectivity index (χ1) is 12.9. The average molecular weight is 413 g/mol. The Morgan fingerprint density at radius 1 is 1.22 bits per heavy atom. The van der Waals surface area contributed by atoms with Crippen LogP contribution in [0.5, 0.6) is 5.75 Å². The first-order valence-corrected chi connectivity index (χ1v) is 10.8. The standard InChI is InChI=1S/C21H30Cl2N2O2/c1-15-8-11-24(12-9-15)13-17-5-4-10-25(14-17)21(26)16(2)27-19-7-3-6-18(22)20(19)23/h3,6-7,15-17H,4-5,8-14H2,1-2H3. The Morgan fingerprint density at radius 2 is 1.96 bits per heavy atom. The number of halogens is 2. The van der Waals surface area contributed by atoms with Crippen LogP contribution in [0.2, 0.25) is 10.0 Å². The zero-order chi connectivity index (χ0) is 19.4. The van der Waals surface area contributed by atoms with Gasteiger partial charge in [0.2, 0.25) is 0 Å². The van der Waals surface area contributed by atoms with Crippen molar-refractivity contribution in [2.45, 2.75) is 45.6 Å². The van der Waals surface area contributed by atoms with Crippen LogP contribution < -0.4 is 4.74 Å². The third kappa shape index (κ3) is 5.52. The summed E-state index contributed by atoms with van der Waals surface area (Å²) < 4.78 is 5.82. The van der Waals surface area contributed by atoms with Crippen LogP contribution in [0.25, 0.3) is 0 Å². The first kappa shape index (κ1) is 20.8. The molecule has 1 aromatic rings. The van der Waals surface area contributed by atoms with Gasteiger partial charge >= 0.3 is 0 Å². The summed E-state index contributed by atoms with van der Waals surface area (Å²) >= 11 is 12.2. The summed E-state index contributed by atoms with van der Waals surface area (Å²) in [6.07, 6.45) is 4.27. The van der Waals surface area contributed by atoms with Gasteiger partial charge in [0.25, 0.3) is 5.91 Å².